The van der Waals surface area contributed by atoms with Crippen molar-refractivity contribution in [3.05, 3.63) is 76.7 Å². The molecule has 4 aromatic rings. The number of carboxylic acid groups (broad SMARTS) is 1. The van der Waals surface area contributed by atoms with E-state index in [1.165, 1.54) is 18.5 Å². The Bertz CT molecular complexity index is 1820. The van der Waals surface area contributed by atoms with Crippen LogP contribution in [0.4, 0.5) is 13.2 Å². The molecule has 6 rings (SSSR count). The van der Waals surface area contributed by atoms with E-state index in [1.54, 1.807) is 23.1 Å². The van der Waals surface area contributed by atoms with E-state index >= 15 is 0 Å². The van der Waals surface area contributed by atoms with Gasteiger partial charge in [0, 0.05) is 57.2 Å². The van der Waals surface area contributed by atoms with Crippen LogP contribution in [0.1, 0.15) is 45.1 Å². The molecule has 0 unspecified atom stereocenters. The third kappa shape index (κ3) is 8.43. The maximum atomic E-state index is 13.8. The number of piperidine rings is 1. The van der Waals surface area contributed by atoms with Crippen molar-refractivity contribution < 1.29 is 37.5 Å². The monoisotopic (exact) mass is 716 g/mol. The van der Waals surface area contributed by atoms with Crippen molar-refractivity contribution >= 4 is 35.8 Å². The van der Waals surface area contributed by atoms with Gasteiger partial charge < -0.3 is 30.5 Å². The van der Waals surface area contributed by atoms with E-state index in [0.29, 0.717) is 37.3 Å². The largest absolute Gasteiger partial charge is 0.483 e. The van der Waals surface area contributed by atoms with Crippen molar-refractivity contribution in [3.8, 4) is 17.2 Å². The van der Waals surface area contributed by atoms with Gasteiger partial charge in [0.05, 0.1) is 28.0 Å². The molecule has 2 fully saturated rings. The van der Waals surface area contributed by atoms with Crippen LogP contribution in [-0.4, -0.2) is 108 Å². The maximum absolute atomic E-state index is 13.8. The summed E-state index contributed by atoms with van der Waals surface area (Å²) in [6.07, 6.45) is 1.81. The molecule has 4 N–H and O–H groups in total. The van der Waals surface area contributed by atoms with Crippen LogP contribution in [0.5, 0.6) is 0 Å². The summed E-state index contributed by atoms with van der Waals surface area (Å²) < 4.78 is 42.2. The molecule has 0 atom stereocenters. The molecule has 264 valence electrons. The molecule has 2 aliphatic rings. The number of hydrogen-bond acceptors (Lipinski definition) is 9. The molecule has 5 heterocycles. The van der Waals surface area contributed by atoms with E-state index in [9.17, 15) is 27.6 Å². The second kappa shape index (κ2) is 15.9. The van der Waals surface area contributed by atoms with Gasteiger partial charge in [-0.3, -0.25) is 19.2 Å². The Kier molecular flexibility index (Phi) is 11.4. The molecule has 0 spiro atoms. The molecule has 2 saturated heterocycles. The number of H-pyrrole nitrogens is 1. The average molecular weight is 717 g/mol. The Labute approximate surface area is 287 Å². The predicted molar refractivity (Wildman–Crippen MR) is 171 cm³/mol. The highest BCUT2D eigenvalue weighted by molar-refractivity contribution is 6.33. The lowest BCUT2D eigenvalue weighted by atomic mass is 9.96. The predicted octanol–water partition coefficient (Wildman–Crippen LogP) is 2.64. The molecule has 0 bridgehead atoms. The van der Waals surface area contributed by atoms with Crippen LogP contribution < -0.4 is 10.6 Å². The fraction of sp³-hybridized carbons (Fsp3) is 0.355. The lowest BCUT2D eigenvalue weighted by Gasteiger charge is -2.37. The van der Waals surface area contributed by atoms with Gasteiger partial charge in [-0.15, -0.1) is 0 Å². The number of alkyl halides is 3. The zero-order valence-corrected chi connectivity index (χ0v) is 27.1. The maximum Gasteiger partial charge on any atom is 0.435 e. The molecule has 19 heteroatoms. The van der Waals surface area contributed by atoms with E-state index in [-0.39, 0.29) is 58.8 Å². The molecule has 0 aliphatic carbocycles. The number of carbonyl (C=O) groups is 4. The minimum absolute atomic E-state index is 0.0115. The van der Waals surface area contributed by atoms with Crippen LogP contribution in [0.25, 0.3) is 17.2 Å². The number of imidazole rings is 1. The summed E-state index contributed by atoms with van der Waals surface area (Å²) in [6, 6.07) is 6.31. The van der Waals surface area contributed by atoms with Crippen molar-refractivity contribution in [2.45, 2.75) is 25.6 Å². The van der Waals surface area contributed by atoms with E-state index < -0.39 is 17.8 Å². The Hall–Kier alpha value is -5.36. The van der Waals surface area contributed by atoms with Crippen molar-refractivity contribution in [2.24, 2.45) is 5.92 Å². The quantitative estimate of drug-likeness (QED) is 0.207. The van der Waals surface area contributed by atoms with E-state index in [1.807, 2.05) is 4.90 Å². The normalized spacial score (nSPS) is 15.2. The van der Waals surface area contributed by atoms with Crippen LogP contribution in [-0.2, 0) is 22.3 Å². The first-order valence-electron chi connectivity index (χ1n) is 15.4. The molecule has 0 radical (unpaired) electrons. The fourth-order valence-corrected chi connectivity index (χ4v) is 5.89. The van der Waals surface area contributed by atoms with E-state index in [4.69, 9.17) is 21.5 Å². The SMILES string of the molecule is O=C(NCc1ccc(C(=O)N2CCN(C(=O)C3CCNCC3)CC2)c(Cl)c1)c1ncc(-c2cn(-c3ncccn3)nc2C(F)(F)F)[nH]1.O=CO. The zero-order chi connectivity index (χ0) is 35.8. The number of hydrogen-bond donors (Lipinski definition) is 4. The number of halogens is 4. The van der Waals surface area contributed by atoms with Gasteiger partial charge in [0.1, 0.15) is 0 Å². The molecule has 3 amide bonds. The number of aromatic amines is 1. The second-order valence-corrected chi connectivity index (χ2v) is 11.7. The summed E-state index contributed by atoms with van der Waals surface area (Å²) in [6.45, 7) is 3.17. The van der Waals surface area contributed by atoms with Gasteiger partial charge in [-0.1, -0.05) is 17.7 Å². The lowest BCUT2D eigenvalue weighted by Crippen LogP contribution is -2.52. The Morgan fingerprint density at radius 2 is 1.70 bits per heavy atom. The van der Waals surface area contributed by atoms with E-state index in [0.717, 1.165) is 43.0 Å². The van der Waals surface area contributed by atoms with Crippen molar-refractivity contribution in [1.82, 2.24) is 50.1 Å². The van der Waals surface area contributed by atoms with Crippen LogP contribution in [0.15, 0.2) is 49.1 Å². The first-order chi connectivity index (χ1) is 24.0. The molecular weight excluding hydrogens is 685 g/mol. The Morgan fingerprint density at radius 1 is 1.04 bits per heavy atom. The summed E-state index contributed by atoms with van der Waals surface area (Å²) >= 11 is 6.47. The molecule has 2 aliphatic heterocycles. The van der Waals surface area contributed by atoms with Gasteiger partial charge in [0.2, 0.25) is 11.9 Å². The summed E-state index contributed by atoms with van der Waals surface area (Å²) in [5, 5.41) is 16.6. The number of aromatic nitrogens is 6. The average Bonchev–Trinajstić information content (AvgIpc) is 3.80. The minimum atomic E-state index is -4.80. The number of nitrogens with one attached hydrogen (secondary N) is 3. The highest BCUT2D eigenvalue weighted by Gasteiger charge is 2.38. The Balaban J connectivity index is 0.00000156. The van der Waals surface area contributed by atoms with Crippen LogP contribution >= 0.6 is 11.6 Å². The van der Waals surface area contributed by atoms with Gasteiger partial charge >= 0.3 is 6.18 Å². The molecular formula is C31H32ClF3N10O5. The number of carbonyl (C=O) groups excluding carboxylic acids is 3. The minimum Gasteiger partial charge on any atom is -0.483 e. The summed E-state index contributed by atoms with van der Waals surface area (Å²) in [5.74, 6) is -1.02. The van der Waals surface area contributed by atoms with Gasteiger partial charge in [0.15, 0.2) is 11.5 Å². The number of rotatable bonds is 7. The van der Waals surface area contributed by atoms with Crippen LogP contribution in [0.2, 0.25) is 5.02 Å². The van der Waals surface area contributed by atoms with E-state index in [2.05, 4.69) is 35.7 Å². The molecule has 1 aromatic carbocycles. The lowest BCUT2D eigenvalue weighted by molar-refractivity contribution is -0.141. The van der Waals surface area contributed by atoms with Crippen molar-refractivity contribution in [3.63, 3.8) is 0 Å². The van der Waals surface area contributed by atoms with Crippen molar-refractivity contribution in [1.29, 1.82) is 0 Å². The summed E-state index contributed by atoms with van der Waals surface area (Å²) in [5.41, 5.74) is -0.715. The number of benzene rings is 1. The first-order valence-corrected chi connectivity index (χ1v) is 15.8. The summed E-state index contributed by atoms with van der Waals surface area (Å²) in [4.78, 5) is 65.2. The molecule has 50 heavy (non-hydrogen) atoms. The zero-order valence-electron chi connectivity index (χ0n) is 26.4. The van der Waals surface area contributed by atoms with Crippen LogP contribution in [0.3, 0.4) is 0 Å². The fourth-order valence-electron chi connectivity index (χ4n) is 5.60. The van der Waals surface area contributed by atoms with Gasteiger partial charge in [-0.05, 0) is 49.7 Å². The van der Waals surface area contributed by atoms with Gasteiger partial charge in [-0.2, -0.15) is 18.3 Å². The first kappa shape index (κ1) is 35.9. The second-order valence-electron chi connectivity index (χ2n) is 11.3. The number of piperazine rings is 1. The molecule has 15 nitrogen and oxygen atoms in total. The molecule has 3 aromatic heterocycles. The molecule has 0 saturated carbocycles. The van der Waals surface area contributed by atoms with Gasteiger partial charge in [-0.25, -0.2) is 19.6 Å². The van der Waals surface area contributed by atoms with Gasteiger partial charge in [0.25, 0.3) is 18.3 Å². The highest BCUT2D eigenvalue weighted by atomic mass is 35.5. The third-order valence-corrected chi connectivity index (χ3v) is 8.42. The third-order valence-electron chi connectivity index (χ3n) is 8.10. The standard InChI is InChI=1S/C30H30ClF3N10O3.CH2O2/c31-22-14-18(2-3-20(22)28(47)43-12-10-42(11-13-43)27(46)19-4-8-35-9-5-19)15-39-26(45)25-38-16-23(40-25)21-17-44(29-36-6-1-7-37-29)41-24(21)30(32,33)34;2-1-3/h1-3,6-7,14,16-17,19,35H,4-5,8-13,15H2,(H,38,40)(H,39,45);1H,(H,2,3). The smallest absolute Gasteiger partial charge is 0.435 e. The Morgan fingerprint density at radius 3 is 2.34 bits per heavy atom. The van der Waals surface area contributed by atoms with Crippen molar-refractivity contribution in [2.75, 3.05) is 39.3 Å². The van der Waals surface area contributed by atoms with Crippen LogP contribution in [0, 0.1) is 5.92 Å². The highest BCUT2D eigenvalue weighted by Crippen LogP contribution is 2.36. The number of nitrogens with zero attached hydrogens (tertiary/aromatic N) is 7. The summed E-state index contributed by atoms with van der Waals surface area (Å²) in [7, 11) is 0. The number of amides is 3. The topological polar surface area (TPSA) is 191 Å².